The van der Waals surface area contributed by atoms with Crippen LogP contribution in [-0.2, 0) is 0 Å². The van der Waals surface area contributed by atoms with Gasteiger partial charge in [-0.15, -0.1) is 0 Å². The second-order valence-corrected chi connectivity index (χ2v) is 13.1. The summed E-state index contributed by atoms with van der Waals surface area (Å²) in [7, 11) is 3.35. The van der Waals surface area contributed by atoms with Crippen LogP contribution in [0.3, 0.4) is 0 Å². The summed E-state index contributed by atoms with van der Waals surface area (Å²) in [4.78, 5) is 18.4. The van der Waals surface area contributed by atoms with Crippen molar-refractivity contribution in [3.63, 3.8) is 0 Å². The van der Waals surface area contributed by atoms with E-state index in [2.05, 4.69) is 143 Å². The molecule has 0 saturated carbocycles. The highest BCUT2D eigenvalue weighted by Crippen LogP contribution is 2.44. The van der Waals surface area contributed by atoms with Crippen molar-refractivity contribution < 1.29 is 9.47 Å². The van der Waals surface area contributed by atoms with Crippen molar-refractivity contribution in [1.82, 2.24) is 19.9 Å². The first kappa shape index (κ1) is 32.0. The largest absolute Gasteiger partial charge is 0.493 e. The number of rotatable bonds is 6. The highest BCUT2D eigenvalue weighted by Gasteiger charge is 2.23. The Morgan fingerprint density at radius 2 is 0.774 bits per heavy atom. The van der Waals surface area contributed by atoms with E-state index in [4.69, 9.17) is 19.4 Å². The molecule has 9 rings (SSSR count). The average Bonchev–Trinajstić information content (AvgIpc) is 4.04. The lowest BCUT2D eigenvalue weighted by molar-refractivity contribution is 0.354. The van der Waals surface area contributed by atoms with E-state index in [1.165, 1.54) is 0 Å². The van der Waals surface area contributed by atoms with Gasteiger partial charge in [-0.05, 0) is 83.8 Å². The molecule has 0 spiro atoms. The fraction of sp³-hybridized carbons (Fsp3) is 0.0638. The number of aryl methyl sites for hydroxylation is 1. The SMILES string of the molecule is COc1c(C)ccc(-c2c3nc(c(-c4ccccc4)c4ccc([nH]4)c(-c4ccccc4)c4ccc([nH]4)c(-c4ccccc4)c4nc2C=C4)C=C3)c1OC. The molecule has 0 atom stereocenters. The zero-order valence-corrected chi connectivity index (χ0v) is 29.6. The van der Waals surface area contributed by atoms with Gasteiger partial charge in [-0.25, -0.2) is 9.97 Å². The van der Waals surface area contributed by atoms with Gasteiger partial charge in [0.2, 0.25) is 0 Å². The van der Waals surface area contributed by atoms with E-state index in [0.717, 1.165) is 94.9 Å². The summed E-state index contributed by atoms with van der Waals surface area (Å²) in [6.07, 6.45) is 8.35. The molecule has 5 heterocycles. The van der Waals surface area contributed by atoms with Gasteiger partial charge in [0.15, 0.2) is 11.5 Å². The highest BCUT2D eigenvalue weighted by atomic mass is 16.5. The van der Waals surface area contributed by atoms with Crippen LogP contribution in [0.5, 0.6) is 11.5 Å². The fourth-order valence-corrected chi connectivity index (χ4v) is 7.53. The maximum Gasteiger partial charge on any atom is 0.168 e. The van der Waals surface area contributed by atoms with Crippen LogP contribution in [0.1, 0.15) is 28.3 Å². The van der Waals surface area contributed by atoms with Crippen molar-refractivity contribution in [3.05, 3.63) is 156 Å². The van der Waals surface area contributed by atoms with Gasteiger partial charge in [0, 0.05) is 49.9 Å². The molecule has 0 radical (unpaired) electrons. The minimum Gasteiger partial charge on any atom is -0.493 e. The first-order valence-corrected chi connectivity index (χ1v) is 17.7. The molecule has 6 nitrogen and oxygen atoms in total. The van der Waals surface area contributed by atoms with Crippen molar-refractivity contribution in [2.75, 3.05) is 14.2 Å². The van der Waals surface area contributed by atoms with Crippen LogP contribution in [-0.4, -0.2) is 34.2 Å². The highest BCUT2D eigenvalue weighted by molar-refractivity contribution is 6.00. The molecule has 0 amide bonds. The molecule has 2 aliphatic heterocycles. The molecule has 3 aromatic heterocycles. The predicted molar refractivity (Wildman–Crippen MR) is 218 cm³/mol. The molecule has 2 aliphatic rings. The van der Waals surface area contributed by atoms with Crippen LogP contribution in [0.4, 0.5) is 0 Å². The van der Waals surface area contributed by atoms with Crippen LogP contribution in [0.15, 0.2) is 127 Å². The van der Waals surface area contributed by atoms with Gasteiger partial charge in [0.1, 0.15) is 0 Å². The second-order valence-electron chi connectivity index (χ2n) is 13.1. The van der Waals surface area contributed by atoms with Gasteiger partial charge in [0.05, 0.1) is 37.0 Å². The average molecular weight is 689 g/mol. The van der Waals surface area contributed by atoms with Crippen molar-refractivity contribution in [3.8, 4) is 56.0 Å². The molecule has 53 heavy (non-hydrogen) atoms. The number of hydrogen-bond donors (Lipinski definition) is 2. The third-order valence-electron chi connectivity index (χ3n) is 9.93. The van der Waals surface area contributed by atoms with E-state index in [-0.39, 0.29) is 0 Å². The zero-order valence-electron chi connectivity index (χ0n) is 29.6. The predicted octanol–water partition coefficient (Wildman–Crippen LogP) is 11.6. The third-order valence-corrected chi connectivity index (χ3v) is 9.93. The zero-order chi connectivity index (χ0) is 35.9. The van der Waals surface area contributed by atoms with Crippen LogP contribution in [0, 0.1) is 6.92 Å². The summed E-state index contributed by atoms with van der Waals surface area (Å²) in [5.41, 5.74) is 16.1. The van der Waals surface area contributed by atoms with Crippen LogP contribution in [0.25, 0.3) is 90.9 Å². The van der Waals surface area contributed by atoms with Gasteiger partial charge in [-0.1, -0.05) is 97.1 Å². The number of hydrogen-bond acceptors (Lipinski definition) is 4. The quantitative estimate of drug-likeness (QED) is 0.182. The van der Waals surface area contributed by atoms with Gasteiger partial charge >= 0.3 is 0 Å². The summed E-state index contributed by atoms with van der Waals surface area (Å²) in [6, 6.07) is 44.1. The Balaban J connectivity index is 1.49. The molecular weight excluding hydrogens is 653 g/mol. The molecule has 4 aromatic carbocycles. The summed E-state index contributed by atoms with van der Waals surface area (Å²) in [5, 5.41) is 0. The Hall–Kier alpha value is -6.92. The smallest absolute Gasteiger partial charge is 0.168 e. The van der Waals surface area contributed by atoms with Crippen LogP contribution in [0.2, 0.25) is 0 Å². The van der Waals surface area contributed by atoms with Crippen LogP contribution < -0.4 is 9.47 Å². The normalized spacial score (nSPS) is 11.9. The summed E-state index contributed by atoms with van der Waals surface area (Å²) < 4.78 is 12.0. The summed E-state index contributed by atoms with van der Waals surface area (Å²) >= 11 is 0. The molecule has 7 aromatic rings. The molecular formula is C47H36N4O2. The Bertz CT molecular complexity index is 2600. The number of nitrogens with zero attached hydrogens (tertiary/aromatic N) is 2. The minimum atomic E-state index is 0.637. The lowest BCUT2D eigenvalue weighted by Crippen LogP contribution is -1.98. The molecule has 8 bridgehead atoms. The first-order valence-electron chi connectivity index (χ1n) is 17.7. The van der Waals surface area contributed by atoms with Crippen molar-refractivity contribution in [1.29, 1.82) is 0 Å². The maximum atomic E-state index is 6.08. The van der Waals surface area contributed by atoms with E-state index < -0.39 is 0 Å². The lowest BCUT2D eigenvalue weighted by Gasteiger charge is -2.16. The molecule has 0 fully saturated rings. The van der Waals surface area contributed by atoms with Crippen molar-refractivity contribution in [2.45, 2.75) is 6.92 Å². The Labute approximate surface area is 307 Å². The summed E-state index contributed by atoms with van der Waals surface area (Å²) in [5.74, 6) is 1.32. The number of aromatic amines is 2. The number of benzene rings is 4. The van der Waals surface area contributed by atoms with E-state index in [1.54, 1.807) is 14.2 Å². The maximum absolute atomic E-state index is 6.08. The summed E-state index contributed by atoms with van der Waals surface area (Å²) in [6.45, 7) is 2.02. The molecule has 2 N–H and O–H groups in total. The number of nitrogens with one attached hydrogen (secondary N) is 2. The number of H-pyrrole nitrogens is 2. The molecule has 256 valence electrons. The minimum absolute atomic E-state index is 0.637. The Morgan fingerprint density at radius 1 is 0.396 bits per heavy atom. The van der Waals surface area contributed by atoms with Gasteiger partial charge in [-0.2, -0.15) is 0 Å². The lowest BCUT2D eigenvalue weighted by atomic mass is 9.99. The monoisotopic (exact) mass is 688 g/mol. The standard InChI is InChI=1S/C47H36N4O2/c1-29-19-20-33(47(53-3)46(29)52-2)45-40-27-25-38(50-40)43(31-15-9-5-10-16-31)36-23-21-34(48-36)42(30-13-7-4-8-14-30)35-22-24-37(49-35)44(32-17-11-6-12-18-32)39-26-28-41(45)51-39/h4-28,48-49H,1-3H3. The van der Waals surface area contributed by atoms with E-state index >= 15 is 0 Å². The number of ether oxygens (including phenoxy) is 2. The first-order chi connectivity index (χ1) is 26.1. The number of fused-ring (bicyclic) bond motifs is 8. The van der Waals surface area contributed by atoms with E-state index in [1.807, 2.05) is 25.1 Å². The molecule has 0 unspecified atom stereocenters. The Morgan fingerprint density at radius 3 is 1.19 bits per heavy atom. The number of aromatic nitrogens is 4. The fourth-order valence-electron chi connectivity index (χ4n) is 7.53. The second kappa shape index (κ2) is 13.3. The van der Waals surface area contributed by atoms with Gasteiger partial charge in [-0.3, -0.25) is 0 Å². The van der Waals surface area contributed by atoms with E-state index in [0.29, 0.717) is 11.5 Å². The molecule has 0 aliphatic carbocycles. The number of methoxy groups -OCH3 is 2. The van der Waals surface area contributed by atoms with Gasteiger partial charge in [0.25, 0.3) is 0 Å². The van der Waals surface area contributed by atoms with Gasteiger partial charge < -0.3 is 19.4 Å². The molecule has 6 heteroatoms. The van der Waals surface area contributed by atoms with Crippen LogP contribution >= 0.6 is 0 Å². The van der Waals surface area contributed by atoms with Crippen molar-refractivity contribution >= 4 is 46.4 Å². The van der Waals surface area contributed by atoms with Crippen molar-refractivity contribution in [2.24, 2.45) is 0 Å². The molecule has 0 saturated heterocycles. The van der Waals surface area contributed by atoms with E-state index in [9.17, 15) is 0 Å². The topological polar surface area (TPSA) is 75.8 Å². The third kappa shape index (κ3) is 5.61. The Kier molecular flexibility index (Phi) is 8.05.